The van der Waals surface area contributed by atoms with E-state index < -0.39 is 68.7 Å². The number of amides is 4. The lowest BCUT2D eigenvalue weighted by atomic mass is 9.83. The molecule has 5 atom stereocenters. The summed E-state index contributed by atoms with van der Waals surface area (Å²) in [6.07, 6.45) is 8.83. The zero-order valence-corrected chi connectivity index (χ0v) is 31.0. The number of hydrogen-bond acceptors (Lipinski definition) is 8. The predicted octanol–water partition coefficient (Wildman–Crippen LogP) is 5.12. The molecule has 2 heterocycles. The number of cyclic esters (lactones) is 1. The van der Waals surface area contributed by atoms with Crippen molar-refractivity contribution in [3.63, 3.8) is 0 Å². The van der Waals surface area contributed by atoms with Crippen LogP contribution in [0.4, 0.5) is 4.79 Å². The van der Waals surface area contributed by atoms with Crippen LogP contribution in [-0.2, 0) is 29.1 Å². The zero-order chi connectivity index (χ0) is 37.3. The highest BCUT2D eigenvalue weighted by molar-refractivity contribution is 7.91. The summed E-state index contributed by atoms with van der Waals surface area (Å²) in [4.78, 5) is 57.3. The van der Waals surface area contributed by atoms with Gasteiger partial charge in [-0.3, -0.25) is 19.1 Å². The number of hydrogen-bond donors (Lipinski definition) is 3. The van der Waals surface area contributed by atoms with Crippen LogP contribution >= 0.6 is 0 Å². The van der Waals surface area contributed by atoms with Gasteiger partial charge in [0.15, 0.2) is 0 Å². The number of ether oxygens (including phenoxy) is 2. The van der Waals surface area contributed by atoms with Crippen molar-refractivity contribution in [2.45, 2.75) is 112 Å². The van der Waals surface area contributed by atoms with E-state index in [4.69, 9.17) is 9.47 Å². The maximum absolute atomic E-state index is 14.7. The number of carbonyl (C=O) groups excluding carboxylic acids is 4. The maximum Gasteiger partial charge on any atom is 0.407 e. The minimum absolute atomic E-state index is 0.0513. The summed E-state index contributed by atoms with van der Waals surface area (Å²) in [7, 11) is -3.88. The van der Waals surface area contributed by atoms with Gasteiger partial charge in [0.2, 0.25) is 21.8 Å². The molecule has 284 valence electrons. The number of rotatable bonds is 7. The second-order valence-corrected chi connectivity index (χ2v) is 17.4. The van der Waals surface area contributed by atoms with Crippen LogP contribution in [0.5, 0.6) is 5.75 Å². The van der Waals surface area contributed by atoms with Gasteiger partial charge in [0.25, 0.3) is 5.91 Å². The molecule has 2 aromatic rings. The summed E-state index contributed by atoms with van der Waals surface area (Å²) < 4.78 is 40.0. The SMILES string of the molecule is C=C[C@@H]1C[C@]1(NC(=O)[C@@H]1C[C@@H]2CN1C(=O)[C@H](C1CCCCC1)NC(=O)OCCCCCC(=C)c1c(ccc3ccccc13)O2)C(=O)NS(=O)(=O)C1CC1. The molecular formula is C40H50N4O8S. The van der Waals surface area contributed by atoms with Gasteiger partial charge in [-0.2, -0.15) is 0 Å². The topological polar surface area (TPSA) is 160 Å². The predicted molar refractivity (Wildman–Crippen MR) is 200 cm³/mol. The molecule has 4 amide bonds. The Kier molecular flexibility index (Phi) is 10.6. The van der Waals surface area contributed by atoms with Crippen molar-refractivity contribution in [1.29, 1.82) is 0 Å². The number of carbonyl (C=O) groups is 4. The van der Waals surface area contributed by atoms with E-state index in [1.807, 2.05) is 36.4 Å². The van der Waals surface area contributed by atoms with Crippen LogP contribution < -0.4 is 20.1 Å². The van der Waals surface area contributed by atoms with Gasteiger partial charge in [0, 0.05) is 17.9 Å². The van der Waals surface area contributed by atoms with Crippen molar-refractivity contribution in [2.24, 2.45) is 11.8 Å². The minimum atomic E-state index is -3.88. The van der Waals surface area contributed by atoms with E-state index in [1.54, 1.807) is 0 Å². The smallest absolute Gasteiger partial charge is 0.407 e. The number of benzene rings is 2. The molecule has 0 radical (unpaired) electrons. The van der Waals surface area contributed by atoms with Gasteiger partial charge in [-0.15, -0.1) is 6.58 Å². The van der Waals surface area contributed by atoms with E-state index in [0.717, 1.165) is 66.9 Å². The van der Waals surface area contributed by atoms with E-state index in [0.29, 0.717) is 31.4 Å². The van der Waals surface area contributed by atoms with E-state index in [2.05, 4.69) is 28.5 Å². The Balaban J connectivity index is 1.22. The Hall–Kier alpha value is -4.39. The van der Waals surface area contributed by atoms with Gasteiger partial charge in [0.1, 0.15) is 29.5 Å². The Labute approximate surface area is 311 Å². The Morgan fingerprint density at radius 3 is 2.47 bits per heavy atom. The minimum Gasteiger partial charge on any atom is -0.488 e. The van der Waals surface area contributed by atoms with Gasteiger partial charge >= 0.3 is 6.09 Å². The second-order valence-electron chi connectivity index (χ2n) is 15.4. The number of nitrogens with zero attached hydrogens (tertiary/aromatic N) is 1. The molecule has 2 aliphatic heterocycles. The summed E-state index contributed by atoms with van der Waals surface area (Å²) in [6.45, 7) is 8.50. The second kappa shape index (κ2) is 15.2. The van der Waals surface area contributed by atoms with Crippen molar-refractivity contribution in [1.82, 2.24) is 20.3 Å². The molecular weight excluding hydrogens is 697 g/mol. The molecule has 0 unspecified atom stereocenters. The van der Waals surface area contributed by atoms with Gasteiger partial charge in [-0.1, -0.05) is 62.2 Å². The highest BCUT2D eigenvalue weighted by Gasteiger charge is 2.62. The average molecular weight is 747 g/mol. The van der Waals surface area contributed by atoms with Crippen LogP contribution in [0.2, 0.25) is 0 Å². The van der Waals surface area contributed by atoms with E-state index in [9.17, 15) is 27.6 Å². The fourth-order valence-electron chi connectivity index (χ4n) is 8.39. The van der Waals surface area contributed by atoms with Crippen LogP contribution in [0.25, 0.3) is 16.3 Å². The summed E-state index contributed by atoms with van der Waals surface area (Å²) >= 11 is 0. The molecule has 12 nitrogen and oxygen atoms in total. The number of sulfonamides is 1. The third-order valence-electron chi connectivity index (χ3n) is 11.7. The molecule has 0 spiro atoms. The average Bonchev–Trinajstić information content (AvgIpc) is 4.08. The van der Waals surface area contributed by atoms with Crippen LogP contribution in [0, 0.1) is 11.8 Å². The normalized spacial score (nSPS) is 28.8. The molecule has 3 aliphatic carbocycles. The first-order valence-electron chi connectivity index (χ1n) is 19.1. The molecule has 5 aliphatic rings. The summed E-state index contributed by atoms with van der Waals surface area (Å²) in [6, 6.07) is 9.91. The molecule has 2 bridgehead atoms. The summed E-state index contributed by atoms with van der Waals surface area (Å²) in [5, 5.41) is 7.12. The van der Waals surface area contributed by atoms with Crippen molar-refractivity contribution in [2.75, 3.05) is 13.2 Å². The van der Waals surface area contributed by atoms with Crippen LogP contribution in [-0.4, -0.2) is 79.3 Å². The zero-order valence-electron chi connectivity index (χ0n) is 30.1. The Morgan fingerprint density at radius 1 is 0.981 bits per heavy atom. The lowest BCUT2D eigenvalue weighted by Gasteiger charge is -2.34. The summed E-state index contributed by atoms with van der Waals surface area (Å²) in [5.74, 6) is -1.87. The molecule has 2 aromatic carbocycles. The van der Waals surface area contributed by atoms with Gasteiger partial charge in [-0.25, -0.2) is 13.2 Å². The number of fused-ring (bicyclic) bond motifs is 5. The Bertz CT molecular complexity index is 1900. The number of nitrogens with one attached hydrogen (secondary N) is 3. The standard InChI is InChI=1S/C40H50N4O8S/c1-3-28-23-40(28,38(47)43-53(49,50)30-18-19-30)42-36(45)32-22-29-24-44(32)37(46)35(27-14-7-4-8-15-27)41-39(48)51-21-11-5-6-12-25(2)34-31-16-10-9-13-26(31)17-20-33(34)52-29/h3,9-10,13,16-17,20,27-30,32,35H,1-2,4-8,11-12,14-15,18-19,21-24H2,(H,41,48)(H,42,45)(H,43,47)/t28-,29-,32+,35+,40-/m1/s1. The van der Waals surface area contributed by atoms with Crippen LogP contribution in [0.3, 0.4) is 0 Å². The fourth-order valence-corrected chi connectivity index (χ4v) is 9.76. The van der Waals surface area contributed by atoms with Crippen molar-refractivity contribution < 1.29 is 37.1 Å². The molecule has 0 aromatic heterocycles. The third-order valence-corrected chi connectivity index (χ3v) is 13.5. The summed E-state index contributed by atoms with van der Waals surface area (Å²) in [5.41, 5.74) is 0.261. The molecule has 3 N–H and O–H groups in total. The molecule has 7 rings (SSSR count). The molecule has 13 heteroatoms. The molecule has 1 saturated heterocycles. The first-order valence-corrected chi connectivity index (χ1v) is 20.7. The highest BCUT2D eigenvalue weighted by Crippen LogP contribution is 2.46. The van der Waals surface area contributed by atoms with Crippen molar-refractivity contribution in [3.05, 3.63) is 61.2 Å². The quantitative estimate of drug-likeness (QED) is 0.330. The monoisotopic (exact) mass is 746 g/mol. The molecule has 3 saturated carbocycles. The van der Waals surface area contributed by atoms with Crippen LogP contribution in [0.15, 0.2) is 55.6 Å². The van der Waals surface area contributed by atoms with Gasteiger partial charge in [0.05, 0.1) is 18.4 Å². The fraction of sp³-hybridized carbons (Fsp3) is 0.550. The van der Waals surface area contributed by atoms with E-state index in [-0.39, 0.29) is 31.9 Å². The van der Waals surface area contributed by atoms with E-state index >= 15 is 0 Å². The first kappa shape index (κ1) is 36.9. The number of alkyl carbamates (subject to hydrolysis) is 1. The maximum atomic E-state index is 14.7. The Morgan fingerprint density at radius 2 is 1.74 bits per heavy atom. The van der Waals surface area contributed by atoms with Crippen molar-refractivity contribution >= 4 is 50.2 Å². The lowest BCUT2D eigenvalue weighted by molar-refractivity contribution is -0.142. The van der Waals surface area contributed by atoms with Crippen LogP contribution in [0.1, 0.15) is 89.0 Å². The van der Waals surface area contributed by atoms with E-state index in [1.165, 1.54) is 11.0 Å². The van der Waals surface area contributed by atoms with Crippen molar-refractivity contribution in [3.8, 4) is 5.75 Å². The van der Waals surface area contributed by atoms with Gasteiger partial charge < -0.3 is 25.0 Å². The third kappa shape index (κ3) is 7.81. The molecule has 53 heavy (non-hydrogen) atoms. The lowest BCUT2D eigenvalue weighted by Crippen LogP contribution is -2.59. The highest BCUT2D eigenvalue weighted by atomic mass is 32.2. The molecule has 4 fully saturated rings. The largest absolute Gasteiger partial charge is 0.488 e. The first-order chi connectivity index (χ1) is 25.5. The van der Waals surface area contributed by atoms with Gasteiger partial charge in [-0.05, 0) is 86.1 Å². The number of allylic oxidation sites excluding steroid dienone is 1.